The van der Waals surface area contributed by atoms with Crippen molar-refractivity contribution in [3.63, 3.8) is 0 Å². The van der Waals surface area contributed by atoms with Crippen LogP contribution in [0.3, 0.4) is 0 Å². The summed E-state index contributed by atoms with van der Waals surface area (Å²) in [6.45, 7) is 2.90. The summed E-state index contributed by atoms with van der Waals surface area (Å²) >= 11 is 0. The molecule has 17 heavy (non-hydrogen) atoms. The molecule has 0 spiro atoms. The molecule has 0 fully saturated rings. The van der Waals surface area contributed by atoms with Crippen LogP contribution in [0.5, 0.6) is 0 Å². The standard InChI is InChI=1S/C11H18O6/c1-3-7(10(14)15)5-8(11(16)17)4-6(2)9(12)13/h6-8H,3-5H2,1-2H3,(H,12,13)(H,14,15)(H,16,17)/p-3. The van der Waals surface area contributed by atoms with Crippen LogP contribution in [-0.4, -0.2) is 17.9 Å². The van der Waals surface area contributed by atoms with E-state index in [1.54, 1.807) is 6.92 Å². The van der Waals surface area contributed by atoms with Gasteiger partial charge in [0, 0.05) is 17.9 Å². The van der Waals surface area contributed by atoms with Gasteiger partial charge in [-0.1, -0.05) is 13.8 Å². The zero-order valence-electron chi connectivity index (χ0n) is 9.80. The molecule has 0 amide bonds. The molecular weight excluding hydrogens is 228 g/mol. The molecule has 0 aromatic carbocycles. The highest BCUT2D eigenvalue weighted by Crippen LogP contribution is 2.21. The number of carbonyl (C=O) groups excluding carboxylic acids is 3. The number of aliphatic carboxylic acids is 3. The van der Waals surface area contributed by atoms with E-state index in [4.69, 9.17) is 0 Å². The fourth-order valence-corrected chi connectivity index (χ4v) is 1.58. The normalized spacial score (nSPS) is 15.9. The van der Waals surface area contributed by atoms with Gasteiger partial charge >= 0.3 is 0 Å². The van der Waals surface area contributed by atoms with Crippen LogP contribution in [-0.2, 0) is 14.4 Å². The maximum absolute atomic E-state index is 10.8. The van der Waals surface area contributed by atoms with Crippen molar-refractivity contribution in [2.24, 2.45) is 17.8 Å². The first-order chi connectivity index (χ1) is 7.79. The molecule has 6 heteroatoms. The molecule has 6 nitrogen and oxygen atoms in total. The molecule has 3 unspecified atom stereocenters. The van der Waals surface area contributed by atoms with Crippen molar-refractivity contribution in [3.8, 4) is 0 Å². The van der Waals surface area contributed by atoms with E-state index < -0.39 is 35.7 Å². The molecule has 3 atom stereocenters. The van der Waals surface area contributed by atoms with E-state index in [0.717, 1.165) is 0 Å². The zero-order valence-corrected chi connectivity index (χ0v) is 9.80. The molecule has 0 saturated carbocycles. The van der Waals surface area contributed by atoms with Crippen molar-refractivity contribution in [1.29, 1.82) is 0 Å². The molecule has 0 aliphatic heterocycles. The highest BCUT2D eigenvalue weighted by atomic mass is 16.4. The molecule has 0 rings (SSSR count). The van der Waals surface area contributed by atoms with E-state index in [1.807, 2.05) is 0 Å². The first-order valence-corrected chi connectivity index (χ1v) is 5.42. The van der Waals surface area contributed by atoms with E-state index in [2.05, 4.69) is 0 Å². The van der Waals surface area contributed by atoms with E-state index >= 15 is 0 Å². The third-order valence-electron chi connectivity index (χ3n) is 2.77. The van der Waals surface area contributed by atoms with Gasteiger partial charge in [0.25, 0.3) is 0 Å². The summed E-state index contributed by atoms with van der Waals surface area (Å²) in [6.07, 6.45) is -0.154. The van der Waals surface area contributed by atoms with Crippen LogP contribution in [0.25, 0.3) is 0 Å². The smallest absolute Gasteiger partial charge is 0.0445 e. The summed E-state index contributed by atoms with van der Waals surface area (Å²) in [5.74, 6) is -7.13. The summed E-state index contributed by atoms with van der Waals surface area (Å²) in [4.78, 5) is 31.9. The van der Waals surface area contributed by atoms with Gasteiger partial charge in [0.2, 0.25) is 0 Å². The molecule has 0 aromatic heterocycles. The Morgan fingerprint density at radius 3 is 1.65 bits per heavy atom. The lowest BCUT2D eigenvalue weighted by molar-refractivity contribution is -0.317. The SMILES string of the molecule is CCC(CC(CC(C)C(=O)[O-])C(=O)[O-])C(=O)[O-]. The molecule has 0 aromatic rings. The predicted molar refractivity (Wildman–Crippen MR) is 50.7 cm³/mol. The summed E-state index contributed by atoms with van der Waals surface area (Å²) in [6, 6.07) is 0. The van der Waals surface area contributed by atoms with Crippen LogP contribution in [0.15, 0.2) is 0 Å². The van der Waals surface area contributed by atoms with Gasteiger partial charge in [-0.15, -0.1) is 0 Å². The van der Waals surface area contributed by atoms with Gasteiger partial charge in [-0.3, -0.25) is 0 Å². The maximum atomic E-state index is 10.8. The first kappa shape index (κ1) is 15.4. The Hall–Kier alpha value is -1.59. The topological polar surface area (TPSA) is 120 Å². The number of carboxylic acid groups (broad SMARTS) is 3. The highest BCUT2D eigenvalue weighted by molar-refractivity contribution is 5.73. The third kappa shape index (κ3) is 5.33. The van der Waals surface area contributed by atoms with Crippen molar-refractivity contribution in [2.75, 3.05) is 0 Å². The summed E-state index contributed by atoms with van der Waals surface area (Å²) < 4.78 is 0. The molecule has 0 N–H and O–H groups in total. The van der Waals surface area contributed by atoms with E-state index in [-0.39, 0.29) is 19.3 Å². The van der Waals surface area contributed by atoms with Gasteiger partial charge in [-0.05, 0) is 37.0 Å². The second kappa shape index (κ2) is 6.88. The van der Waals surface area contributed by atoms with E-state index in [9.17, 15) is 29.7 Å². The molecule has 98 valence electrons. The number of rotatable bonds is 8. The average molecular weight is 243 g/mol. The Bertz CT molecular complexity index is 298. The lowest BCUT2D eigenvalue weighted by Crippen LogP contribution is -2.40. The predicted octanol–water partition coefficient (Wildman–Crippen LogP) is -2.71. The Kier molecular flexibility index (Phi) is 6.23. The van der Waals surface area contributed by atoms with Gasteiger partial charge in [-0.25, -0.2) is 0 Å². The Balaban J connectivity index is 4.59. The summed E-state index contributed by atoms with van der Waals surface area (Å²) in [5.41, 5.74) is 0. The molecule has 0 aliphatic carbocycles. The number of carbonyl (C=O) groups is 3. The largest absolute Gasteiger partial charge is 0.550 e. The average Bonchev–Trinajstić information content (AvgIpc) is 2.22. The molecule has 0 bridgehead atoms. The maximum Gasteiger partial charge on any atom is 0.0445 e. The van der Waals surface area contributed by atoms with Crippen molar-refractivity contribution in [2.45, 2.75) is 33.1 Å². The zero-order chi connectivity index (χ0) is 13.6. The number of hydrogen-bond donors (Lipinski definition) is 0. The minimum Gasteiger partial charge on any atom is -0.550 e. The van der Waals surface area contributed by atoms with Crippen molar-refractivity contribution >= 4 is 17.9 Å². The quantitative estimate of drug-likeness (QED) is 0.457. The van der Waals surface area contributed by atoms with Crippen LogP contribution in [0.1, 0.15) is 33.1 Å². The third-order valence-corrected chi connectivity index (χ3v) is 2.77. The minimum atomic E-state index is -1.45. The van der Waals surface area contributed by atoms with Crippen LogP contribution < -0.4 is 15.3 Å². The van der Waals surface area contributed by atoms with Crippen LogP contribution in [0.4, 0.5) is 0 Å². The molecule has 0 radical (unpaired) electrons. The minimum absolute atomic E-state index is 0.182. The van der Waals surface area contributed by atoms with Gasteiger partial charge in [0.15, 0.2) is 0 Å². The fraction of sp³-hybridized carbons (Fsp3) is 0.727. The lowest BCUT2D eigenvalue weighted by atomic mass is 9.86. The molecular formula is C11H15O6-3. The van der Waals surface area contributed by atoms with E-state index in [0.29, 0.717) is 0 Å². The van der Waals surface area contributed by atoms with Gasteiger partial charge in [0.1, 0.15) is 0 Å². The van der Waals surface area contributed by atoms with Crippen LogP contribution in [0.2, 0.25) is 0 Å². The second-order valence-electron chi connectivity index (χ2n) is 4.13. The lowest BCUT2D eigenvalue weighted by Gasteiger charge is -2.26. The summed E-state index contributed by atoms with van der Waals surface area (Å²) in [5, 5.41) is 31.9. The van der Waals surface area contributed by atoms with Crippen molar-refractivity contribution < 1.29 is 29.7 Å². The highest BCUT2D eigenvalue weighted by Gasteiger charge is 2.20. The summed E-state index contributed by atoms with van der Waals surface area (Å²) in [7, 11) is 0. The second-order valence-corrected chi connectivity index (χ2v) is 4.13. The van der Waals surface area contributed by atoms with Gasteiger partial charge < -0.3 is 29.7 Å². The van der Waals surface area contributed by atoms with Crippen molar-refractivity contribution in [1.82, 2.24) is 0 Å². The van der Waals surface area contributed by atoms with Crippen LogP contribution >= 0.6 is 0 Å². The molecule has 0 aliphatic rings. The number of hydrogen-bond acceptors (Lipinski definition) is 6. The molecule has 0 saturated heterocycles. The Labute approximate surface area is 99.3 Å². The first-order valence-electron chi connectivity index (χ1n) is 5.42. The number of carboxylic acids is 3. The fourth-order valence-electron chi connectivity index (χ4n) is 1.58. The van der Waals surface area contributed by atoms with E-state index in [1.165, 1.54) is 6.92 Å². The van der Waals surface area contributed by atoms with Crippen LogP contribution in [0, 0.1) is 17.8 Å². The van der Waals surface area contributed by atoms with Crippen molar-refractivity contribution in [3.05, 3.63) is 0 Å². The molecule has 0 heterocycles. The van der Waals surface area contributed by atoms with Gasteiger partial charge in [0.05, 0.1) is 0 Å². The van der Waals surface area contributed by atoms with Gasteiger partial charge in [-0.2, -0.15) is 0 Å². The monoisotopic (exact) mass is 243 g/mol. The Morgan fingerprint density at radius 2 is 1.35 bits per heavy atom. The Morgan fingerprint density at radius 1 is 0.882 bits per heavy atom.